The highest BCUT2D eigenvalue weighted by molar-refractivity contribution is 5.79. The van der Waals surface area contributed by atoms with Crippen LogP contribution >= 0.6 is 0 Å². The molecule has 0 spiro atoms. The molecule has 20 heavy (non-hydrogen) atoms. The van der Waals surface area contributed by atoms with Crippen LogP contribution in [0.1, 0.15) is 25.1 Å². The summed E-state index contributed by atoms with van der Waals surface area (Å²) in [6.45, 7) is 3.97. The van der Waals surface area contributed by atoms with Gasteiger partial charge in [-0.25, -0.2) is 0 Å². The second-order valence-corrected chi connectivity index (χ2v) is 4.60. The Morgan fingerprint density at radius 3 is 2.75 bits per heavy atom. The molecule has 3 heteroatoms. The number of nitriles is 1. The van der Waals surface area contributed by atoms with Crippen LogP contribution in [0.5, 0.6) is 5.75 Å². The van der Waals surface area contributed by atoms with Crippen LogP contribution in [0.3, 0.4) is 0 Å². The zero-order chi connectivity index (χ0) is 14.4. The van der Waals surface area contributed by atoms with Gasteiger partial charge in [-0.1, -0.05) is 18.2 Å². The van der Waals surface area contributed by atoms with Gasteiger partial charge in [0.05, 0.1) is 17.9 Å². The Morgan fingerprint density at radius 2 is 2.10 bits per heavy atom. The lowest BCUT2D eigenvalue weighted by Crippen LogP contribution is -2.05. The van der Waals surface area contributed by atoms with Gasteiger partial charge in [-0.2, -0.15) is 5.26 Å². The van der Waals surface area contributed by atoms with Gasteiger partial charge in [0.1, 0.15) is 5.75 Å². The molecule has 0 saturated heterocycles. The molecule has 0 aliphatic carbocycles. The molecule has 0 unspecified atom stereocenters. The normalized spacial score (nSPS) is 11.2. The summed E-state index contributed by atoms with van der Waals surface area (Å²) in [6, 6.07) is 15.4. The average molecular weight is 264 g/mol. The fourth-order valence-corrected chi connectivity index (χ4v) is 1.90. The highest BCUT2D eigenvalue weighted by Gasteiger charge is 2.07. The summed E-state index contributed by atoms with van der Waals surface area (Å²) in [5.74, 6) is 0.789. The monoisotopic (exact) mass is 264 g/mol. The average Bonchev–Trinajstić information content (AvgIpc) is 2.45. The lowest BCUT2D eigenvalue weighted by molar-refractivity contribution is 0.242. The number of hydrogen-bond acceptors (Lipinski definition) is 3. The summed E-state index contributed by atoms with van der Waals surface area (Å²) in [7, 11) is 0. The molecular weight excluding hydrogens is 248 g/mol. The highest BCUT2D eigenvalue weighted by Crippen LogP contribution is 2.25. The van der Waals surface area contributed by atoms with Crippen LogP contribution in [0.15, 0.2) is 54.7 Å². The minimum Gasteiger partial charge on any atom is -0.491 e. The van der Waals surface area contributed by atoms with Crippen molar-refractivity contribution in [1.29, 1.82) is 5.26 Å². The Kier molecular flexibility index (Phi) is 4.52. The molecule has 0 radical (unpaired) electrons. The SMILES string of the molecule is CC(C)Oc1cccc(/C(=C\C#N)c2ccccn2)c1. The van der Waals surface area contributed by atoms with Crippen LogP contribution in [0, 0.1) is 11.3 Å². The summed E-state index contributed by atoms with van der Waals surface area (Å²) >= 11 is 0. The van der Waals surface area contributed by atoms with E-state index >= 15 is 0 Å². The van der Waals surface area contributed by atoms with Crippen molar-refractivity contribution in [3.8, 4) is 11.8 Å². The molecule has 0 N–H and O–H groups in total. The van der Waals surface area contributed by atoms with E-state index in [1.165, 1.54) is 6.08 Å². The Morgan fingerprint density at radius 1 is 1.25 bits per heavy atom. The topological polar surface area (TPSA) is 45.9 Å². The zero-order valence-electron chi connectivity index (χ0n) is 11.6. The molecule has 2 rings (SSSR count). The summed E-state index contributed by atoms with van der Waals surface area (Å²) in [5.41, 5.74) is 2.49. The number of nitrogens with zero attached hydrogens (tertiary/aromatic N) is 2. The molecule has 1 heterocycles. The first kappa shape index (κ1) is 13.8. The summed E-state index contributed by atoms with van der Waals surface area (Å²) in [5, 5.41) is 8.99. The number of benzene rings is 1. The van der Waals surface area contributed by atoms with E-state index in [0.717, 1.165) is 22.6 Å². The fourth-order valence-electron chi connectivity index (χ4n) is 1.90. The van der Waals surface area contributed by atoms with Crippen molar-refractivity contribution in [3.05, 3.63) is 66.0 Å². The van der Waals surface area contributed by atoms with E-state index in [1.807, 2.05) is 56.3 Å². The molecule has 2 aromatic rings. The van der Waals surface area contributed by atoms with E-state index in [1.54, 1.807) is 6.20 Å². The molecule has 0 aliphatic heterocycles. The predicted molar refractivity (Wildman–Crippen MR) is 79.1 cm³/mol. The minimum absolute atomic E-state index is 0.114. The molecule has 0 aliphatic rings. The van der Waals surface area contributed by atoms with E-state index in [0.29, 0.717) is 0 Å². The van der Waals surface area contributed by atoms with Crippen LogP contribution in [0.4, 0.5) is 0 Å². The number of hydrogen-bond donors (Lipinski definition) is 0. The molecule has 100 valence electrons. The number of allylic oxidation sites excluding steroid dienone is 1. The molecule has 1 aromatic carbocycles. The first-order valence-electron chi connectivity index (χ1n) is 6.49. The smallest absolute Gasteiger partial charge is 0.120 e. The third kappa shape index (κ3) is 3.46. The van der Waals surface area contributed by atoms with Crippen LogP contribution in [-0.2, 0) is 0 Å². The van der Waals surface area contributed by atoms with E-state index in [2.05, 4.69) is 11.1 Å². The largest absolute Gasteiger partial charge is 0.491 e. The van der Waals surface area contributed by atoms with Gasteiger partial charge in [-0.05, 0) is 43.7 Å². The maximum absolute atomic E-state index is 8.99. The standard InChI is InChI=1S/C17H16N2O/c1-13(2)20-15-7-5-6-14(12-15)16(9-10-18)17-8-3-4-11-19-17/h3-9,11-13H,1-2H3/b16-9+. The van der Waals surface area contributed by atoms with Gasteiger partial charge in [0.15, 0.2) is 0 Å². The molecule has 0 atom stereocenters. The van der Waals surface area contributed by atoms with Crippen LogP contribution in [-0.4, -0.2) is 11.1 Å². The molecule has 0 saturated carbocycles. The number of ether oxygens (including phenoxy) is 1. The van der Waals surface area contributed by atoms with Crippen LogP contribution < -0.4 is 4.74 Å². The molecule has 0 amide bonds. The summed E-state index contributed by atoms with van der Waals surface area (Å²) in [4.78, 5) is 4.30. The van der Waals surface area contributed by atoms with Gasteiger partial charge in [-0.3, -0.25) is 4.98 Å². The number of pyridine rings is 1. The lowest BCUT2D eigenvalue weighted by atomic mass is 10.0. The van der Waals surface area contributed by atoms with Crippen molar-refractivity contribution in [2.24, 2.45) is 0 Å². The molecule has 3 nitrogen and oxygen atoms in total. The van der Waals surface area contributed by atoms with Crippen molar-refractivity contribution in [2.45, 2.75) is 20.0 Å². The second-order valence-electron chi connectivity index (χ2n) is 4.60. The maximum Gasteiger partial charge on any atom is 0.120 e. The molecule has 0 fully saturated rings. The molecular formula is C17H16N2O. The van der Waals surface area contributed by atoms with Gasteiger partial charge >= 0.3 is 0 Å². The fraction of sp³-hybridized carbons (Fsp3) is 0.176. The van der Waals surface area contributed by atoms with Gasteiger partial charge in [0.2, 0.25) is 0 Å². The quantitative estimate of drug-likeness (QED) is 0.788. The van der Waals surface area contributed by atoms with E-state index < -0.39 is 0 Å². The Hall–Kier alpha value is -2.60. The zero-order valence-corrected chi connectivity index (χ0v) is 11.6. The minimum atomic E-state index is 0.114. The second kappa shape index (κ2) is 6.53. The van der Waals surface area contributed by atoms with Crippen LogP contribution in [0.2, 0.25) is 0 Å². The van der Waals surface area contributed by atoms with Gasteiger partial charge < -0.3 is 4.74 Å². The van der Waals surface area contributed by atoms with Crippen molar-refractivity contribution < 1.29 is 4.74 Å². The first-order chi connectivity index (χ1) is 9.70. The van der Waals surface area contributed by atoms with Gasteiger partial charge in [0.25, 0.3) is 0 Å². The number of aromatic nitrogens is 1. The third-order valence-corrected chi connectivity index (χ3v) is 2.67. The van der Waals surface area contributed by atoms with Crippen molar-refractivity contribution in [1.82, 2.24) is 4.98 Å². The van der Waals surface area contributed by atoms with E-state index in [-0.39, 0.29) is 6.10 Å². The highest BCUT2D eigenvalue weighted by atomic mass is 16.5. The third-order valence-electron chi connectivity index (χ3n) is 2.67. The van der Waals surface area contributed by atoms with Crippen molar-refractivity contribution in [2.75, 3.05) is 0 Å². The number of rotatable bonds is 4. The maximum atomic E-state index is 8.99. The van der Waals surface area contributed by atoms with Crippen molar-refractivity contribution in [3.63, 3.8) is 0 Å². The lowest BCUT2D eigenvalue weighted by Gasteiger charge is -2.12. The molecule has 0 bridgehead atoms. The van der Waals surface area contributed by atoms with E-state index in [4.69, 9.17) is 10.00 Å². The van der Waals surface area contributed by atoms with Crippen molar-refractivity contribution >= 4 is 5.57 Å². The summed E-state index contributed by atoms with van der Waals surface area (Å²) in [6.07, 6.45) is 3.34. The molecule has 1 aromatic heterocycles. The Balaban J connectivity index is 2.41. The summed E-state index contributed by atoms with van der Waals surface area (Å²) < 4.78 is 5.69. The Labute approximate surface area is 119 Å². The Bertz CT molecular complexity index is 640. The van der Waals surface area contributed by atoms with Crippen LogP contribution in [0.25, 0.3) is 5.57 Å². The first-order valence-corrected chi connectivity index (χ1v) is 6.49. The predicted octanol–water partition coefficient (Wildman–Crippen LogP) is 3.82. The van der Waals surface area contributed by atoms with Gasteiger partial charge in [0, 0.05) is 17.8 Å². The van der Waals surface area contributed by atoms with E-state index in [9.17, 15) is 0 Å². The van der Waals surface area contributed by atoms with Gasteiger partial charge in [-0.15, -0.1) is 0 Å².